The van der Waals surface area contributed by atoms with Crippen molar-refractivity contribution in [3.8, 4) is 0 Å². The van der Waals surface area contributed by atoms with Crippen LogP contribution in [-0.2, 0) is 0 Å². The minimum absolute atomic E-state index is 0.0634. The van der Waals surface area contributed by atoms with Crippen LogP contribution < -0.4 is 11.1 Å². The molecule has 0 aliphatic heterocycles. The van der Waals surface area contributed by atoms with Crippen molar-refractivity contribution in [1.29, 1.82) is 0 Å². The first-order valence-electron chi connectivity index (χ1n) is 4.40. The maximum absolute atomic E-state index is 13.3. The molecule has 0 atom stereocenters. The molecule has 1 aromatic rings. The van der Waals surface area contributed by atoms with Crippen LogP contribution in [0.25, 0.3) is 0 Å². The van der Waals surface area contributed by atoms with Gasteiger partial charge in [-0.2, -0.15) is 14.4 Å². The molecule has 1 aromatic heterocycles. The van der Waals surface area contributed by atoms with Crippen molar-refractivity contribution >= 4 is 23.5 Å². The normalized spacial score (nSPS) is 10.3. The van der Waals surface area contributed by atoms with Crippen LogP contribution in [0.3, 0.4) is 0 Å². The van der Waals surface area contributed by atoms with E-state index in [1.54, 1.807) is 6.26 Å². The van der Waals surface area contributed by atoms with Crippen LogP contribution in [-0.4, -0.2) is 34.5 Å². The van der Waals surface area contributed by atoms with Gasteiger partial charge in [0.05, 0.1) is 0 Å². The number of nitrogens with two attached hydrogens (primary N) is 1. The van der Waals surface area contributed by atoms with Gasteiger partial charge in [0.2, 0.25) is 11.9 Å². The Morgan fingerprint density at radius 3 is 2.80 bits per heavy atom. The summed E-state index contributed by atoms with van der Waals surface area (Å²) >= 11 is 1.17. The predicted molar refractivity (Wildman–Crippen MR) is 58.4 cm³/mol. The monoisotopic (exact) mass is 232 g/mol. The van der Waals surface area contributed by atoms with E-state index >= 15 is 0 Å². The second kappa shape index (κ2) is 5.72. The van der Waals surface area contributed by atoms with E-state index in [9.17, 15) is 4.39 Å². The maximum Gasteiger partial charge on any atom is 0.233 e. The van der Waals surface area contributed by atoms with Crippen LogP contribution in [0.1, 0.15) is 6.42 Å². The standard InChI is InChI=1S/C8H13FN4OS/c1-15-5-6(9)12-8(13-7(5)10)11-3-2-4-14/h14H,2-4H2,1H3,(H3,10,11,12,13). The molecule has 0 spiro atoms. The largest absolute Gasteiger partial charge is 0.396 e. The summed E-state index contributed by atoms with van der Waals surface area (Å²) in [5.41, 5.74) is 5.54. The molecule has 15 heavy (non-hydrogen) atoms. The highest BCUT2D eigenvalue weighted by molar-refractivity contribution is 7.98. The Balaban J connectivity index is 2.75. The summed E-state index contributed by atoms with van der Waals surface area (Å²) in [5.74, 6) is -0.348. The summed E-state index contributed by atoms with van der Waals surface area (Å²) in [7, 11) is 0. The molecule has 0 fully saturated rings. The second-order valence-electron chi connectivity index (χ2n) is 2.76. The lowest BCUT2D eigenvalue weighted by Gasteiger charge is -2.07. The molecule has 0 unspecified atom stereocenters. The highest BCUT2D eigenvalue weighted by Gasteiger charge is 2.10. The number of anilines is 2. The van der Waals surface area contributed by atoms with Gasteiger partial charge in [0.1, 0.15) is 10.7 Å². The van der Waals surface area contributed by atoms with E-state index < -0.39 is 5.95 Å². The Morgan fingerprint density at radius 2 is 2.27 bits per heavy atom. The summed E-state index contributed by atoms with van der Waals surface area (Å²) < 4.78 is 13.3. The van der Waals surface area contributed by atoms with Crippen molar-refractivity contribution in [2.24, 2.45) is 0 Å². The fourth-order valence-corrected chi connectivity index (χ4v) is 1.46. The fraction of sp³-hybridized carbons (Fsp3) is 0.500. The zero-order valence-electron chi connectivity index (χ0n) is 8.33. The lowest BCUT2D eigenvalue weighted by Crippen LogP contribution is -2.10. The molecule has 0 saturated heterocycles. The molecule has 1 heterocycles. The third-order valence-corrected chi connectivity index (χ3v) is 2.46. The highest BCUT2D eigenvalue weighted by Crippen LogP contribution is 2.24. The number of aliphatic hydroxyl groups excluding tert-OH is 1. The van der Waals surface area contributed by atoms with Crippen LogP contribution in [0.4, 0.5) is 16.2 Å². The van der Waals surface area contributed by atoms with Crippen molar-refractivity contribution in [3.63, 3.8) is 0 Å². The molecule has 4 N–H and O–H groups in total. The van der Waals surface area contributed by atoms with Gasteiger partial charge >= 0.3 is 0 Å². The molecule has 84 valence electrons. The van der Waals surface area contributed by atoms with Gasteiger partial charge in [-0.05, 0) is 12.7 Å². The van der Waals surface area contributed by atoms with E-state index in [2.05, 4.69) is 15.3 Å². The Hall–Kier alpha value is -1.08. The van der Waals surface area contributed by atoms with Gasteiger partial charge in [0.15, 0.2) is 0 Å². The fourth-order valence-electron chi connectivity index (χ4n) is 0.986. The molecule has 5 nitrogen and oxygen atoms in total. The predicted octanol–water partition coefficient (Wildman–Crippen LogP) is 0.714. The number of thioether (sulfide) groups is 1. The van der Waals surface area contributed by atoms with Gasteiger partial charge < -0.3 is 16.2 Å². The van der Waals surface area contributed by atoms with Crippen molar-refractivity contribution in [1.82, 2.24) is 9.97 Å². The first kappa shape index (κ1) is 12.0. The van der Waals surface area contributed by atoms with Crippen molar-refractivity contribution in [3.05, 3.63) is 5.95 Å². The molecular weight excluding hydrogens is 219 g/mol. The number of hydrogen-bond donors (Lipinski definition) is 3. The molecule has 7 heteroatoms. The molecule has 0 aliphatic carbocycles. The summed E-state index contributed by atoms with van der Waals surface area (Å²) in [4.78, 5) is 7.75. The third kappa shape index (κ3) is 3.21. The maximum atomic E-state index is 13.3. The van der Waals surface area contributed by atoms with Gasteiger partial charge in [-0.1, -0.05) is 0 Å². The van der Waals surface area contributed by atoms with Crippen LogP contribution >= 0.6 is 11.8 Å². The molecular formula is C8H13FN4OS. The zero-order valence-corrected chi connectivity index (χ0v) is 9.14. The smallest absolute Gasteiger partial charge is 0.233 e. The summed E-state index contributed by atoms with van der Waals surface area (Å²) in [5, 5.41) is 11.3. The lowest BCUT2D eigenvalue weighted by atomic mass is 10.4. The van der Waals surface area contributed by atoms with E-state index in [4.69, 9.17) is 10.8 Å². The number of rotatable bonds is 5. The zero-order chi connectivity index (χ0) is 11.3. The van der Waals surface area contributed by atoms with E-state index in [0.29, 0.717) is 13.0 Å². The first-order chi connectivity index (χ1) is 7.19. The van der Waals surface area contributed by atoms with E-state index in [1.807, 2.05) is 0 Å². The average molecular weight is 232 g/mol. The highest BCUT2D eigenvalue weighted by atomic mass is 32.2. The molecule has 0 aliphatic rings. The Morgan fingerprint density at radius 1 is 1.53 bits per heavy atom. The Bertz CT molecular complexity index is 313. The van der Waals surface area contributed by atoms with Gasteiger partial charge in [-0.25, -0.2) is 0 Å². The second-order valence-corrected chi connectivity index (χ2v) is 3.58. The van der Waals surface area contributed by atoms with Gasteiger partial charge in [0.25, 0.3) is 0 Å². The summed E-state index contributed by atoms with van der Waals surface area (Å²) in [6.45, 7) is 0.544. The first-order valence-corrected chi connectivity index (χ1v) is 5.63. The Labute approximate surface area is 91.3 Å². The molecule has 0 saturated carbocycles. The quantitative estimate of drug-likeness (QED) is 0.394. The number of nitrogen functional groups attached to an aromatic ring is 1. The summed E-state index contributed by atoms with van der Waals surface area (Å²) in [6.07, 6.45) is 2.26. The van der Waals surface area contributed by atoms with Gasteiger partial charge in [-0.3, -0.25) is 0 Å². The van der Waals surface area contributed by atoms with Crippen molar-refractivity contribution < 1.29 is 9.50 Å². The third-order valence-electron chi connectivity index (χ3n) is 1.67. The number of hydrogen-bond acceptors (Lipinski definition) is 6. The van der Waals surface area contributed by atoms with Crippen molar-refractivity contribution in [2.75, 3.05) is 30.5 Å². The number of halogens is 1. The van der Waals surface area contributed by atoms with Crippen LogP contribution in [0.15, 0.2) is 4.90 Å². The van der Waals surface area contributed by atoms with Crippen LogP contribution in [0.5, 0.6) is 0 Å². The molecule has 1 rings (SSSR count). The van der Waals surface area contributed by atoms with E-state index in [1.165, 1.54) is 11.8 Å². The van der Waals surface area contributed by atoms with Crippen molar-refractivity contribution in [2.45, 2.75) is 11.3 Å². The van der Waals surface area contributed by atoms with Crippen LogP contribution in [0, 0.1) is 5.95 Å². The molecule has 0 aromatic carbocycles. The van der Waals surface area contributed by atoms with Gasteiger partial charge in [0, 0.05) is 13.2 Å². The average Bonchev–Trinajstić information content (AvgIpc) is 2.18. The minimum atomic E-state index is -0.624. The topological polar surface area (TPSA) is 84.1 Å². The van der Waals surface area contributed by atoms with Gasteiger partial charge in [-0.15, -0.1) is 11.8 Å². The number of nitrogens with zero attached hydrogens (tertiary/aromatic N) is 2. The van der Waals surface area contributed by atoms with E-state index in [-0.39, 0.29) is 23.3 Å². The number of aliphatic hydroxyl groups is 1. The molecule has 0 bridgehead atoms. The summed E-state index contributed by atoms with van der Waals surface area (Å²) in [6, 6.07) is 0. The van der Waals surface area contributed by atoms with E-state index in [0.717, 1.165) is 0 Å². The lowest BCUT2D eigenvalue weighted by molar-refractivity contribution is 0.292. The van der Waals surface area contributed by atoms with Crippen LogP contribution in [0.2, 0.25) is 0 Å². The molecule has 0 amide bonds. The number of nitrogens with one attached hydrogen (secondary N) is 1. The SMILES string of the molecule is CSc1c(N)nc(NCCCO)nc1F. The number of aromatic nitrogens is 2. The Kier molecular flexibility index (Phi) is 4.57. The molecule has 0 radical (unpaired) electrons. The minimum Gasteiger partial charge on any atom is -0.396 e.